The lowest BCUT2D eigenvalue weighted by atomic mass is 9.90. The van der Waals surface area contributed by atoms with Crippen molar-refractivity contribution in [1.29, 1.82) is 0 Å². The molecule has 0 aliphatic carbocycles. The number of carbonyl (C=O) groups is 1. The van der Waals surface area contributed by atoms with Gasteiger partial charge in [0.25, 0.3) is 5.91 Å². The molecule has 1 N–H and O–H groups in total. The van der Waals surface area contributed by atoms with E-state index in [4.69, 9.17) is 0 Å². The Labute approximate surface area is 109 Å². The predicted molar refractivity (Wildman–Crippen MR) is 73.9 cm³/mol. The number of amides is 1. The molecule has 3 nitrogen and oxygen atoms in total. The van der Waals surface area contributed by atoms with Crippen LogP contribution in [0.3, 0.4) is 0 Å². The number of nitrogens with zero attached hydrogens (tertiary/aromatic N) is 1. The summed E-state index contributed by atoms with van der Waals surface area (Å²) in [6.07, 6.45) is 2.44. The third-order valence-corrected chi connectivity index (χ3v) is 3.72. The van der Waals surface area contributed by atoms with Gasteiger partial charge in [-0.15, -0.1) is 0 Å². The molecule has 1 unspecified atom stereocenters. The van der Waals surface area contributed by atoms with Crippen molar-refractivity contribution in [3.8, 4) is 0 Å². The van der Waals surface area contributed by atoms with E-state index in [0.717, 1.165) is 25.2 Å². The number of benzene rings is 1. The fourth-order valence-corrected chi connectivity index (χ4v) is 2.43. The first-order valence-corrected chi connectivity index (χ1v) is 6.78. The summed E-state index contributed by atoms with van der Waals surface area (Å²) >= 11 is 0. The van der Waals surface area contributed by atoms with Gasteiger partial charge in [-0.25, -0.2) is 0 Å². The molecule has 0 radical (unpaired) electrons. The quantitative estimate of drug-likeness (QED) is 0.887. The minimum atomic E-state index is 0.114. The first-order valence-electron chi connectivity index (χ1n) is 6.78. The van der Waals surface area contributed by atoms with Crippen molar-refractivity contribution < 1.29 is 4.79 Å². The molecule has 1 fully saturated rings. The first kappa shape index (κ1) is 13.1. The molecule has 98 valence electrons. The molecule has 1 aromatic rings. The highest BCUT2D eigenvalue weighted by molar-refractivity contribution is 5.94. The Bertz CT molecular complexity index is 411. The minimum Gasteiger partial charge on any atom is -0.342 e. The van der Waals surface area contributed by atoms with E-state index in [1.807, 2.05) is 26.1 Å². The molecule has 18 heavy (non-hydrogen) atoms. The zero-order valence-electron chi connectivity index (χ0n) is 11.3. The molecule has 2 rings (SSSR count). The summed E-state index contributed by atoms with van der Waals surface area (Å²) in [5, 5.41) is 3.42. The number of nitrogens with one attached hydrogen (secondary N) is 1. The molecule has 1 saturated heterocycles. The maximum Gasteiger partial charge on any atom is 0.253 e. The van der Waals surface area contributed by atoms with Crippen LogP contribution in [0.4, 0.5) is 0 Å². The van der Waals surface area contributed by atoms with Crippen molar-refractivity contribution in [2.45, 2.75) is 25.7 Å². The van der Waals surface area contributed by atoms with E-state index < -0.39 is 0 Å². The zero-order chi connectivity index (χ0) is 13.0. The Morgan fingerprint density at radius 3 is 3.00 bits per heavy atom. The number of piperidine rings is 1. The van der Waals surface area contributed by atoms with Crippen LogP contribution < -0.4 is 5.32 Å². The van der Waals surface area contributed by atoms with Crippen LogP contribution in [0.5, 0.6) is 0 Å². The van der Waals surface area contributed by atoms with Crippen molar-refractivity contribution in [2.75, 3.05) is 26.7 Å². The molecule has 1 atom stereocenters. The molecule has 0 spiro atoms. The van der Waals surface area contributed by atoms with Crippen LogP contribution in [0.25, 0.3) is 0 Å². The predicted octanol–water partition coefficient (Wildman–Crippen LogP) is 2.25. The average molecular weight is 246 g/mol. The Hall–Kier alpha value is -1.35. The van der Waals surface area contributed by atoms with Gasteiger partial charge >= 0.3 is 0 Å². The fraction of sp³-hybridized carbons (Fsp3) is 0.533. The van der Waals surface area contributed by atoms with E-state index in [1.165, 1.54) is 18.4 Å². The highest BCUT2D eigenvalue weighted by Gasteiger charge is 2.17. The van der Waals surface area contributed by atoms with E-state index in [0.29, 0.717) is 5.92 Å². The van der Waals surface area contributed by atoms with Crippen LogP contribution >= 0.6 is 0 Å². The van der Waals surface area contributed by atoms with Crippen LogP contribution in [0.2, 0.25) is 0 Å². The lowest BCUT2D eigenvalue weighted by Gasteiger charge is -2.24. The summed E-state index contributed by atoms with van der Waals surface area (Å²) in [6.45, 7) is 4.88. The van der Waals surface area contributed by atoms with Gasteiger partial charge in [-0.05, 0) is 49.9 Å². The molecule has 0 bridgehead atoms. The summed E-state index contributed by atoms with van der Waals surface area (Å²) in [6, 6.07) is 8.11. The molecule has 0 aromatic heterocycles. The van der Waals surface area contributed by atoms with Gasteiger partial charge in [0.05, 0.1) is 0 Å². The van der Waals surface area contributed by atoms with Gasteiger partial charge in [0.2, 0.25) is 0 Å². The molecule has 1 aliphatic rings. The highest BCUT2D eigenvalue weighted by atomic mass is 16.2. The van der Waals surface area contributed by atoms with Gasteiger partial charge in [-0.3, -0.25) is 4.79 Å². The van der Waals surface area contributed by atoms with Gasteiger partial charge in [0.15, 0.2) is 0 Å². The molecule has 1 heterocycles. The molecule has 1 aromatic carbocycles. The monoisotopic (exact) mass is 246 g/mol. The maximum absolute atomic E-state index is 12.1. The Morgan fingerprint density at radius 1 is 1.50 bits per heavy atom. The molecule has 0 saturated carbocycles. The van der Waals surface area contributed by atoms with Gasteiger partial charge in [-0.2, -0.15) is 0 Å². The van der Waals surface area contributed by atoms with E-state index in [9.17, 15) is 4.79 Å². The van der Waals surface area contributed by atoms with Crippen LogP contribution in [-0.4, -0.2) is 37.5 Å². The number of hydrogen-bond acceptors (Lipinski definition) is 2. The summed E-state index contributed by atoms with van der Waals surface area (Å²) < 4.78 is 0. The van der Waals surface area contributed by atoms with E-state index in [-0.39, 0.29) is 5.91 Å². The Balaban J connectivity index is 2.16. The van der Waals surface area contributed by atoms with Crippen LogP contribution in [-0.2, 0) is 0 Å². The smallest absolute Gasteiger partial charge is 0.253 e. The second-order valence-corrected chi connectivity index (χ2v) is 4.99. The molecule has 1 aliphatic heterocycles. The van der Waals surface area contributed by atoms with Gasteiger partial charge in [-0.1, -0.05) is 12.1 Å². The number of carbonyl (C=O) groups excluding carboxylic acids is 1. The summed E-state index contributed by atoms with van der Waals surface area (Å²) in [5.74, 6) is 0.668. The summed E-state index contributed by atoms with van der Waals surface area (Å²) in [4.78, 5) is 13.9. The lowest BCUT2D eigenvalue weighted by molar-refractivity contribution is 0.0802. The standard InChI is InChI=1S/C15H22N2O/c1-3-17(2)15(18)13-7-4-6-12(10-13)14-8-5-9-16-11-14/h4,6-7,10,14,16H,3,5,8-9,11H2,1-2H3. The molecular formula is C15H22N2O. The van der Waals surface area contributed by atoms with Crippen LogP contribution in [0.15, 0.2) is 24.3 Å². The average Bonchev–Trinajstić information content (AvgIpc) is 2.46. The topological polar surface area (TPSA) is 32.3 Å². The van der Waals surface area contributed by atoms with Crippen molar-refractivity contribution in [1.82, 2.24) is 10.2 Å². The van der Waals surface area contributed by atoms with Crippen LogP contribution in [0, 0.1) is 0 Å². The zero-order valence-corrected chi connectivity index (χ0v) is 11.3. The van der Waals surface area contributed by atoms with Crippen molar-refractivity contribution in [3.05, 3.63) is 35.4 Å². The SMILES string of the molecule is CCN(C)C(=O)c1cccc(C2CCCNC2)c1. The summed E-state index contributed by atoms with van der Waals surface area (Å²) in [7, 11) is 1.84. The van der Waals surface area contributed by atoms with Gasteiger partial charge in [0, 0.05) is 25.7 Å². The van der Waals surface area contributed by atoms with Gasteiger partial charge < -0.3 is 10.2 Å². The second-order valence-electron chi connectivity index (χ2n) is 4.99. The number of hydrogen-bond donors (Lipinski definition) is 1. The Morgan fingerprint density at radius 2 is 2.33 bits per heavy atom. The van der Waals surface area contributed by atoms with E-state index in [2.05, 4.69) is 17.4 Å². The molecule has 1 amide bonds. The van der Waals surface area contributed by atoms with E-state index in [1.54, 1.807) is 4.90 Å². The number of rotatable bonds is 3. The second kappa shape index (κ2) is 6.01. The third kappa shape index (κ3) is 2.91. The van der Waals surface area contributed by atoms with Crippen LogP contribution in [0.1, 0.15) is 41.6 Å². The normalized spacial score (nSPS) is 19.6. The van der Waals surface area contributed by atoms with E-state index >= 15 is 0 Å². The first-order chi connectivity index (χ1) is 8.72. The highest BCUT2D eigenvalue weighted by Crippen LogP contribution is 2.24. The van der Waals surface area contributed by atoms with Gasteiger partial charge in [0.1, 0.15) is 0 Å². The van der Waals surface area contributed by atoms with Crippen molar-refractivity contribution >= 4 is 5.91 Å². The van der Waals surface area contributed by atoms with Crippen molar-refractivity contribution in [3.63, 3.8) is 0 Å². The molecular weight excluding hydrogens is 224 g/mol. The molecule has 3 heteroatoms. The fourth-order valence-electron chi connectivity index (χ4n) is 2.43. The summed E-state index contributed by atoms with van der Waals surface area (Å²) in [5.41, 5.74) is 2.10. The lowest BCUT2D eigenvalue weighted by Crippen LogP contribution is -2.29. The maximum atomic E-state index is 12.1. The third-order valence-electron chi connectivity index (χ3n) is 3.72. The minimum absolute atomic E-state index is 0.114. The van der Waals surface area contributed by atoms with Crippen molar-refractivity contribution in [2.24, 2.45) is 0 Å². The Kier molecular flexibility index (Phi) is 4.37. The largest absolute Gasteiger partial charge is 0.342 e.